The van der Waals surface area contributed by atoms with Crippen molar-refractivity contribution in [2.75, 3.05) is 0 Å². The lowest BCUT2D eigenvalue weighted by Crippen LogP contribution is -2.56. The first kappa shape index (κ1) is 21.9. The zero-order valence-electron chi connectivity index (χ0n) is 14.7. The van der Waals surface area contributed by atoms with Crippen LogP contribution in [-0.2, 0) is 0 Å². The first-order valence-electron chi connectivity index (χ1n) is 7.64. The predicted molar refractivity (Wildman–Crippen MR) is 93.9 cm³/mol. The summed E-state index contributed by atoms with van der Waals surface area (Å²) in [5.74, 6) is -9.83. The van der Waals surface area contributed by atoms with Gasteiger partial charge in [-0.2, -0.15) is 0 Å². The second-order valence-electron chi connectivity index (χ2n) is 6.59. The molecule has 0 aliphatic heterocycles. The van der Waals surface area contributed by atoms with E-state index in [0.29, 0.717) is 5.01 Å². The maximum Gasteiger partial charge on any atom is 0.276 e. The molecule has 2 rings (SSSR count). The molecule has 1 heterocycles. The van der Waals surface area contributed by atoms with Gasteiger partial charge in [0.1, 0.15) is 10.7 Å². The van der Waals surface area contributed by atoms with Gasteiger partial charge in [-0.05, 0) is 26.8 Å². The summed E-state index contributed by atoms with van der Waals surface area (Å²) in [4.78, 5) is 28.9. The van der Waals surface area contributed by atoms with Gasteiger partial charge in [0.15, 0.2) is 23.3 Å². The van der Waals surface area contributed by atoms with Crippen molar-refractivity contribution in [3.8, 4) is 0 Å². The van der Waals surface area contributed by atoms with E-state index >= 15 is 0 Å². The van der Waals surface area contributed by atoms with Crippen LogP contribution in [-0.4, -0.2) is 27.3 Å². The number of halogens is 6. The maximum absolute atomic E-state index is 13.9. The zero-order valence-corrected chi connectivity index (χ0v) is 16.2. The average Bonchev–Trinajstić information content (AvgIpc) is 2.58. The van der Waals surface area contributed by atoms with Crippen molar-refractivity contribution in [2.45, 2.75) is 26.3 Å². The monoisotopic (exact) mass is 437 g/mol. The lowest BCUT2D eigenvalue weighted by molar-refractivity contribution is 0.0354. The maximum atomic E-state index is 13.9. The fraction of sp³-hybridized carbons (Fsp3) is 0.235. The summed E-state index contributed by atoms with van der Waals surface area (Å²) in [6.07, 6.45) is 1.18. The van der Waals surface area contributed by atoms with Crippen molar-refractivity contribution in [2.24, 2.45) is 0 Å². The molecule has 0 aliphatic carbocycles. The van der Waals surface area contributed by atoms with Crippen molar-refractivity contribution in [1.29, 1.82) is 0 Å². The molecule has 28 heavy (non-hydrogen) atoms. The second-order valence-corrected chi connectivity index (χ2v) is 7.38. The SMILES string of the molecule is CC(C)(C)N(NC(=O)c1c(F)c(F)cc(F)c1F)C(=O)c1cc(Cl)cnc1Cl. The predicted octanol–water partition coefficient (Wildman–Crippen LogP) is 4.53. The molecule has 150 valence electrons. The van der Waals surface area contributed by atoms with Gasteiger partial charge in [0, 0.05) is 12.3 Å². The Balaban J connectivity index is 2.48. The molecule has 0 spiro atoms. The van der Waals surface area contributed by atoms with Crippen LogP contribution in [0.3, 0.4) is 0 Å². The highest BCUT2D eigenvalue weighted by molar-refractivity contribution is 6.34. The van der Waals surface area contributed by atoms with E-state index in [1.807, 2.05) is 5.43 Å². The number of hydrogen-bond acceptors (Lipinski definition) is 3. The molecule has 0 atom stereocenters. The molecule has 1 aromatic carbocycles. The summed E-state index contributed by atoms with van der Waals surface area (Å²) in [5.41, 5.74) is -0.916. The molecule has 0 fully saturated rings. The molecule has 5 nitrogen and oxygen atoms in total. The largest absolute Gasteiger partial charge is 0.276 e. The van der Waals surface area contributed by atoms with Crippen LogP contribution in [0.1, 0.15) is 41.5 Å². The lowest BCUT2D eigenvalue weighted by Gasteiger charge is -2.35. The number of nitrogens with zero attached hydrogens (tertiary/aromatic N) is 2. The van der Waals surface area contributed by atoms with Crippen LogP contribution in [0.25, 0.3) is 0 Å². The van der Waals surface area contributed by atoms with Crippen molar-refractivity contribution in [3.63, 3.8) is 0 Å². The number of hydrazine groups is 1. The van der Waals surface area contributed by atoms with Gasteiger partial charge < -0.3 is 0 Å². The van der Waals surface area contributed by atoms with Crippen LogP contribution in [0.15, 0.2) is 18.3 Å². The van der Waals surface area contributed by atoms with Gasteiger partial charge in [-0.25, -0.2) is 27.6 Å². The van der Waals surface area contributed by atoms with Crippen LogP contribution < -0.4 is 5.43 Å². The molecule has 1 aromatic heterocycles. The Morgan fingerprint density at radius 1 is 1.04 bits per heavy atom. The molecule has 2 amide bonds. The lowest BCUT2D eigenvalue weighted by atomic mass is 10.1. The number of benzene rings is 1. The van der Waals surface area contributed by atoms with E-state index in [1.54, 1.807) is 0 Å². The van der Waals surface area contributed by atoms with Gasteiger partial charge in [0.05, 0.1) is 16.1 Å². The standard InChI is InChI=1S/C17H13Cl2F4N3O2/c1-17(2,3)26(16(28)8-4-7(18)6-24-14(8)19)25-15(27)11-12(22)9(20)5-10(21)13(11)23/h4-6H,1-3H3,(H,25,27). The molecule has 0 unspecified atom stereocenters. The number of pyridine rings is 1. The molecule has 1 N–H and O–H groups in total. The topological polar surface area (TPSA) is 62.3 Å². The Kier molecular flexibility index (Phi) is 6.20. The van der Waals surface area contributed by atoms with Gasteiger partial charge in [0.25, 0.3) is 11.8 Å². The smallest absolute Gasteiger partial charge is 0.267 e. The molecular formula is C17H13Cl2F4N3O2. The number of carbonyl (C=O) groups is 2. The molecular weight excluding hydrogens is 425 g/mol. The highest BCUT2D eigenvalue weighted by Gasteiger charge is 2.33. The van der Waals surface area contributed by atoms with Crippen LogP contribution in [0.4, 0.5) is 17.6 Å². The minimum Gasteiger partial charge on any atom is -0.267 e. The van der Waals surface area contributed by atoms with Crippen molar-refractivity contribution >= 4 is 35.0 Å². The molecule has 0 saturated carbocycles. The minimum absolute atomic E-state index is 0.0362. The number of carbonyl (C=O) groups excluding carboxylic acids is 2. The molecule has 0 bridgehead atoms. The zero-order chi connectivity index (χ0) is 21.4. The number of amides is 2. The Morgan fingerprint density at radius 2 is 1.57 bits per heavy atom. The number of aromatic nitrogens is 1. The minimum atomic E-state index is -1.90. The Bertz CT molecular complexity index is 938. The summed E-state index contributed by atoms with van der Waals surface area (Å²) in [5, 5.41) is 0.514. The number of rotatable bonds is 2. The van der Waals surface area contributed by atoms with E-state index in [4.69, 9.17) is 23.2 Å². The van der Waals surface area contributed by atoms with Gasteiger partial charge in [0.2, 0.25) is 0 Å². The average molecular weight is 438 g/mol. The van der Waals surface area contributed by atoms with E-state index < -0.39 is 46.2 Å². The Hall–Kier alpha value is -2.39. The van der Waals surface area contributed by atoms with E-state index in [1.165, 1.54) is 33.0 Å². The summed E-state index contributed by atoms with van der Waals surface area (Å²) >= 11 is 11.7. The fourth-order valence-electron chi connectivity index (χ4n) is 2.15. The van der Waals surface area contributed by atoms with Gasteiger partial charge in [-0.1, -0.05) is 23.2 Å². The van der Waals surface area contributed by atoms with Gasteiger partial charge in [-0.15, -0.1) is 0 Å². The highest BCUT2D eigenvalue weighted by Crippen LogP contribution is 2.24. The first-order chi connectivity index (χ1) is 12.8. The van der Waals surface area contributed by atoms with E-state index in [0.717, 1.165) is 0 Å². The number of hydrogen-bond donors (Lipinski definition) is 1. The Labute approximate surface area is 167 Å². The van der Waals surface area contributed by atoms with Crippen LogP contribution >= 0.6 is 23.2 Å². The summed E-state index contributed by atoms with van der Waals surface area (Å²) in [6.45, 7) is 4.45. The van der Waals surface area contributed by atoms with Crippen molar-refractivity contribution < 1.29 is 27.2 Å². The molecule has 0 radical (unpaired) electrons. The number of nitrogens with one attached hydrogen (secondary N) is 1. The molecule has 11 heteroatoms. The highest BCUT2D eigenvalue weighted by atomic mass is 35.5. The second kappa shape index (κ2) is 7.92. The van der Waals surface area contributed by atoms with E-state index in [2.05, 4.69) is 4.98 Å². The van der Waals surface area contributed by atoms with Crippen LogP contribution in [0.2, 0.25) is 10.2 Å². The van der Waals surface area contributed by atoms with E-state index in [-0.39, 0.29) is 21.8 Å². The van der Waals surface area contributed by atoms with Crippen LogP contribution in [0.5, 0.6) is 0 Å². The summed E-state index contributed by atoms with van der Waals surface area (Å²) in [6, 6.07) is 1.14. The Morgan fingerprint density at radius 3 is 2.07 bits per heavy atom. The quantitative estimate of drug-likeness (QED) is 0.325. The van der Waals surface area contributed by atoms with Crippen molar-refractivity contribution in [1.82, 2.24) is 15.4 Å². The first-order valence-corrected chi connectivity index (χ1v) is 8.39. The van der Waals surface area contributed by atoms with E-state index in [9.17, 15) is 27.2 Å². The molecule has 0 saturated heterocycles. The fourth-order valence-corrected chi connectivity index (χ4v) is 2.49. The third-order valence-corrected chi connectivity index (χ3v) is 3.97. The molecule has 0 aliphatic rings. The normalized spacial score (nSPS) is 11.3. The molecule has 2 aromatic rings. The third kappa shape index (κ3) is 4.36. The van der Waals surface area contributed by atoms with Crippen LogP contribution in [0, 0.1) is 23.3 Å². The third-order valence-electron chi connectivity index (χ3n) is 3.46. The van der Waals surface area contributed by atoms with Gasteiger partial charge >= 0.3 is 0 Å². The summed E-state index contributed by atoms with van der Waals surface area (Å²) in [7, 11) is 0. The van der Waals surface area contributed by atoms with Crippen molar-refractivity contribution in [3.05, 3.63) is 62.9 Å². The summed E-state index contributed by atoms with van der Waals surface area (Å²) < 4.78 is 54.6. The van der Waals surface area contributed by atoms with Gasteiger partial charge in [-0.3, -0.25) is 15.0 Å².